The molecule has 0 saturated heterocycles. The summed E-state index contributed by atoms with van der Waals surface area (Å²) in [6.07, 6.45) is 11.3. The van der Waals surface area contributed by atoms with E-state index in [0.29, 0.717) is 0 Å². The van der Waals surface area contributed by atoms with Crippen molar-refractivity contribution in [3.8, 4) is 0 Å². The van der Waals surface area contributed by atoms with Crippen molar-refractivity contribution in [2.45, 2.75) is 79.5 Å². The number of carbonyl (C=O) groups is 1. The standard InChI is InChI=1S/C6H7O2.3C4H9.Sn/c1-3-5(2)4-6(7)8;3*1-3-4-2;/h1,3-4H,2H3,(H,7,8);3*1,3-4H2,2H3;. The van der Waals surface area contributed by atoms with E-state index in [9.17, 15) is 4.79 Å². The first-order valence-electron chi connectivity index (χ1n) is 8.60. The van der Waals surface area contributed by atoms with Crippen LogP contribution in [-0.2, 0) is 4.79 Å². The van der Waals surface area contributed by atoms with E-state index in [1.165, 1.54) is 57.9 Å². The van der Waals surface area contributed by atoms with Gasteiger partial charge in [0, 0.05) is 0 Å². The van der Waals surface area contributed by atoms with Crippen LogP contribution in [0.4, 0.5) is 0 Å². The van der Waals surface area contributed by atoms with E-state index in [1.807, 2.05) is 6.92 Å². The Morgan fingerprint density at radius 2 is 1.38 bits per heavy atom. The quantitative estimate of drug-likeness (QED) is 0.249. The van der Waals surface area contributed by atoms with Crippen molar-refractivity contribution in [1.82, 2.24) is 0 Å². The Morgan fingerprint density at radius 3 is 1.71 bits per heavy atom. The molecular weight excluding hydrogens is 367 g/mol. The number of carboxylic acid groups (broad SMARTS) is 1. The number of unbranched alkanes of at least 4 members (excludes halogenated alkanes) is 3. The van der Waals surface area contributed by atoms with Crippen LogP contribution in [0, 0.1) is 0 Å². The molecule has 0 saturated carbocycles. The number of rotatable bonds is 12. The summed E-state index contributed by atoms with van der Waals surface area (Å²) in [5.41, 5.74) is 0.882. The Labute approximate surface area is 135 Å². The Bertz CT molecular complexity index is 323. The van der Waals surface area contributed by atoms with Crippen LogP contribution in [-0.4, -0.2) is 29.5 Å². The number of aliphatic carboxylic acids is 1. The second-order valence-electron chi connectivity index (χ2n) is 6.23. The Kier molecular flexibility index (Phi) is 12.2. The van der Waals surface area contributed by atoms with Crippen molar-refractivity contribution in [3.63, 3.8) is 0 Å². The molecule has 21 heavy (non-hydrogen) atoms. The monoisotopic (exact) mass is 402 g/mol. The molecule has 0 amide bonds. The van der Waals surface area contributed by atoms with Gasteiger partial charge in [0.1, 0.15) is 0 Å². The molecule has 2 nitrogen and oxygen atoms in total. The van der Waals surface area contributed by atoms with Gasteiger partial charge in [-0.05, 0) is 0 Å². The fraction of sp³-hybridized carbons (Fsp3) is 0.722. The van der Waals surface area contributed by atoms with Crippen LogP contribution in [0.25, 0.3) is 0 Å². The Morgan fingerprint density at radius 1 is 0.952 bits per heavy atom. The molecule has 122 valence electrons. The van der Waals surface area contributed by atoms with Crippen LogP contribution >= 0.6 is 0 Å². The molecule has 0 aliphatic carbocycles. The zero-order chi connectivity index (χ0) is 16.1. The molecule has 0 aromatic carbocycles. The fourth-order valence-corrected chi connectivity index (χ4v) is 17.1. The molecule has 0 bridgehead atoms. The summed E-state index contributed by atoms with van der Waals surface area (Å²) in [7, 11) is 0. The van der Waals surface area contributed by atoms with Crippen molar-refractivity contribution in [2.75, 3.05) is 0 Å². The van der Waals surface area contributed by atoms with E-state index in [0.717, 1.165) is 5.57 Å². The summed E-state index contributed by atoms with van der Waals surface area (Å²) >= 11 is -2.23. The first-order valence-corrected chi connectivity index (χ1v) is 16.3. The number of hydrogen-bond donors (Lipinski definition) is 1. The predicted molar refractivity (Wildman–Crippen MR) is 95.4 cm³/mol. The molecule has 0 aromatic heterocycles. The van der Waals surface area contributed by atoms with Crippen LogP contribution in [0.2, 0.25) is 13.3 Å². The van der Waals surface area contributed by atoms with Gasteiger partial charge in [-0.15, -0.1) is 0 Å². The van der Waals surface area contributed by atoms with E-state index in [-0.39, 0.29) is 0 Å². The molecule has 0 aliphatic heterocycles. The summed E-state index contributed by atoms with van der Waals surface area (Å²) < 4.78 is 6.82. The summed E-state index contributed by atoms with van der Waals surface area (Å²) in [6.45, 7) is 8.72. The van der Waals surface area contributed by atoms with Gasteiger partial charge in [-0.2, -0.15) is 0 Å². The molecule has 0 heterocycles. The summed E-state index contributed by atoms with van der Waals surface area (Å²) in [5.74, 6) is -0.839. The van der Waals surface area contributed by atoms with Crippen molar-refractivity contribution in [2.24, 2.45) is 0 Å². The van der Waals surface area contributed by atoms with E-state index in [2.05, 4.69) is 30.9 Å². The van der Waals surface area contributed by atoms with Gasteiger partial charge in [0.05, 0.1) is 0 Å². The first kappa shape index (κ1) is 20.7. The molecule has 0 rings (SSSR count). The maximum atomic E-state index is 10.8. The summed E-state index contributed by atoms with van der Waals surface area (Å²) in [6, 6.07) is 0. The minimum atomic E-state index is -2.23. The second-order valence-corrected chi connectivity index (χ2v) is 19.2. The summed E-state index contributed by atoms with van der Waals surface area (Å²) in [5, 5.41) is 8.84. The number of hydrogen-bond acceptors (Lipinski definition) is 1. The van der Waals surface area contributed by atoms with E-state index in [4.69, 9.17) is 5.11 Å². The fourth-order valence-electron chi connectivity index (χ4n) is 2.76. The zero-order valence-corrected chi connectivity index (χ0v) is 17.3. The predicted octanol–water partition coefficient (Wildman–Crippen LogP) is 5.96. The second kappa shape index (κ2) is 12.3. The summed E-state index contributed by atoms with van der Waals surface area (Å²) in [4.78, 5) is 10.8. The van der Waals surface area contributed by atoms with Gasteiger partial charge in [0.2, 0.25) is 0 Å². The van der Waals surface area contributed by atoms with Crippen LogP contribution in [0.3, 0.4) is 0 Å². The number of allylic oxidation sites excluding steroid dienone is 2. The van der Waals surface area contributed by atoms with Crippen LogP contribution in [0.5, 0.6) is 0 Å². The average Bonchev–Trinajstić information content (AvgIpc) is 2.45. The van der Waals surface area contributed by atoms with Gasteiger partial charge in [-0.25, -0.2) is 0 Å². The van der Waals surface area contributed by atoms with Crippen molar-refractivity contribution in [1.29, 1.82) is 0 Å². The van der Waals surface area contributed by atoms with Gasteiger partial charge in [-0.3, -0.25) is 0 Å². The third-order valence-corrected chi connectivity index (χ3v) is 18.2. The maximum absolute atomic E-state index is 10.8. The van der Waals surface area contributed by atoms with Gasteiger partial charge >= 0.3 is 136 Å². The normalized spacial score (nSPS) is 13.0. The first-order chi connectivity index (χ1) is 9.99. The molecule has 0 spiro atoms. The molecular formula is C18H34O2Sn. The average molecular weight is 401 g/mol. The van der Waals surface area contributed by atoms with Gasteiger partial charge in [-0.1, -0.05) is 0 Å². The Hall–Kier alpha value is -0.251. The van der Waals surface area contributed by atoms with E-state index >= 15 is 0 Å². The SMILES string of the molecule is CCC[CH2][Sn]([CH]=CC(C)=CC(=O)O)([CH2]CCC)[CH2]CCC. The topological polar surface area (TPSA) is 37.3 Å². The number of carboxylic acids is 1. The molecule has 0 aliphatic rings. The van der Waals surface area contributed by atoms with Gasteiger partial charge in [0.15, 0.2) is 0 Å². The van der Waals surface area contributed by atoms with Crippen molar-refractivity contribution in [3.05, 3.63) is 21.8 Å². The Balaban J connectivity index is 5.09. The van der Waals surface area contributed by atoms with Crippen LogP contribution in [0.15, 0.2) is 21.8 Å². The molecule has 0 unspecified atom stereocenters. The molecule has 0 radical (unpaired) electrons. The third kappa shape index (κ3) is 10.2. The molecule has 3 heteroatoms. The molecule has 0 fully saturated rings. The van der Waals surface area contributed by atoms with Crippen LogP contribution < -0.4 is 0 Å². The minimum absolute atomic E-state index is 0.839. The molecule has 0 aromatic rings. The van der Waals surface area contributed by atoms with Gasteiger partial charge in [0.25, 0.3) is 0 Å². The third-order valence-electron chi connectivity index (χ3n) is 4.14. The van der Waals surface area contributed by atoms with E-state index in [1.54, 1.807) is 0 Å². The van der Waals surface area contributed by atoms with Crippen molar-refractivity contribution < 1.29 is 9.90 Å². The molecule has 1 N–H and O–H groups in total. The van der Waals surface area contributed by atoms with Crippen LogP contribution in [0.1, 0.15) is 66.2 Å². The van der Waals surface area contributed by atoms with E-state index < -0.39 is 24.3 Å². The van der Waals surface area contributed by atoms with Gasteiger partial charge < -0.3 is 0 Å². The molecule has 0 atom stereocenters. The zero-order valence-electron chi connectivity index (χ0n) is 14.5. The van der Waals surface area contributed by atoms with Crippen molar-refractivity contribution >= 4 is 24.3 Å².